The van der Waals surface area contributed by atoms with Crippen LogP contribution in [0.2, 0.25) is 0 Å². The highest BCUT2D eigenvalue weighted by atomic mass is 32.2. The van der Waals surface area contributed by atoms with E-state index in [4.69, 9.17) is 0 Å². The third-order valence-electron chi connectivity index (χ3n) is 5.50. The SMILES string of the molecule is C=S(N1CCCCC1)N(Cc1ccc(C2=NN=C(C(F)F)C2)cc1)c1ccc(F)cc1.CC. The molecule has 1 fully saturated rings. The maximum atomic E-state index is 13.5. The Hall–Kier alpha value is -2.45. The summed E-state index contributed by atoms with van der Waals surface area (Å²) in [6.07, 6.45) is 1.07. The van der Waals surface area contributed by atoms with Gasteiger partial charge in [-0.2, -0.15) is 10.2 Å². The van der Waals surface area contributed by atoms with E-state index in [9.17, 15) is 13.2 Å². The summed E-state index contributed by atoms with van der Waals surface area (Å²) in [6.45, 7) is 6.63. The molecule has 1 unspecified atom stereocenters. The van der Waals surface area contributed by atoms with Crippen molar-refractivity contribution in [3.63, 3.8) is 0 Å². The zero-order chi connectivity index (χ0) is 23.8. The lowest BCUT2D eigenvalue weighted by Crippen LogP contribution is -2.31. The molecule has 1 saturated heterocycles. The second kappa shape index (κ2) is 12.1. The minimum atomic E-state index is -2.57. The highest BCUT2D eigenvalue weighted by Gasteiger charge is 2.22. The second-order valence-corrected chi connectivity index (χ2v) is 9.29. The van der Waals surface area contributed by atoms with Crippen molar-refractivity contribution in [2.45, 2.75) is 52.5 Å². The van der Waals surface area contributed by atoms with Crippen LogP contribution in [0.4, 0.5) is 18.9 Å². The van der Waals surface area contributed by atoms with Crippen molar-refractivity contribution >= 4 is 33.8 Å². The van der Waals surface area contributed by atoms with E-state index in [1.54, 1.807) is 12.1 Å². The predicted molar refractivity (Wildman–Crippen MR) is 135 cm³/mol. The summed E-state index contributed by atoms with van der Waals surface area (Å²) in [7, 11) is -0.401. The van der Waals surface area contributed by atoms with Crippen LogP contribution in [-0.4, -0.2) is 41.1 Å². The van der Waals surface area contributed by atoms with Crippen molar-refractivity contribution in [1.29, 1.82) is 0 Å². The van der Waals surface area contributed by atoms with E-state index in [2.05, 4.69) is 24.7 Å². The van der Waals surface area contributed by atoms with Crippen LogP contribution in [0.15, 0.2) is 58.7 Å². The predicted octanol–water partition coefficient (Wildman–Crippen LogP) is 6.69. The standard InChI is InChI=1S/C23H25F3N4S.C2H6/c1-31(29-13-3-2-4-14-29)30(20-11-9-19(24)10-12-20)16-17-5-7-18(8-6-17)21-15-22(23(25)26)28-27-21;1-2/h5-12,23H,1-4,13-16H2;1-2H3. The number of rotatable bonds is 7. The Morgan fingerprint density at radius 2 is 1.61 bits per heavy atom. The van der Waals surface area contributed by atoms with Crippen molar-refractivity contribution in [3.05, 3.63) is 65.5 Å². The highest BCUT2D eigenvalue weighted by Crippen LogP contribution is 2.34. The van der Waals surface area contributed by atoms with E-state index in [0.29, 0.717) is 12.3 Å². The zero-order valence-corrected chi connectivity index (χ0v) is 20.0. The Kier molecular flexibility index (Phi) is 9.26. The zero-order valence-electron chi connectivity index (χ0n) is 19.2. The van der Waals surface area contributed by atoms with Crippen LogP contribution < -0.4 is 4.31 Å². The maximum Gasteiger partial charge on any atom is 0.278 e. The summed E-state index contributed by atoms with van der Waals surface area (Å²) in [5.74, 6) is 4.18. The van der Waals surface area contributed by atoms with E-state index in [-0.39, 0.29) is 17.9 Å². The third-order valence-corrected chi connectivity index (χ3v) is 7.30. The van der Waals surface area contributed by atoms with E-state index in [0.717, 1.165) is 42.7 Å². The maximum absolute atomic E-state index is 13.5. The molecule has 0 radical (unpaired) electrons. The lowest BCUT2D eigenvalue weighted by molar-refractivity contribution is 0.224. The molecule has 0 saturated carbocycles. The minimum Gasteiger partial charge on any atom is -0.306 e. The van der Waals surface area contributed by atoms with Crippen LogP contribution in [0.25, 0.3) is 0 Å². The number of nitrogens with zero attached hydrogens (tertiary/aromatic N) is 4. The van der Waals surface area contributed by atoms with E-state index < -0.39 is 17.3 Å². The molecule has 2 aliphatic rings. The van der Waals surface area contributed by atoms with Crippen LogP contribution >= 0.6 is 10.9 Å². The Bertz CT molecular complexity index is 982. The van der Waals surface area contributed by atoms with Gasteiger partial charge in [0, 0.05) is 25.2 Å². The summed E-state index contributed by atoms with van der Waals surface area (Å²) in [6, 6.07) is 14.2. The fourth-order valence-corrected chi connectivity index (χ4v) is 5.35. The van der Waals surface area contributed by atoms with Crippen molar-refractivity contribution in [1.82, 2.24) is 4.31 Å². The molecule has 1 atom stereocenters. The summed E-state index contributed by atoms with van der Waals surface area (Å²) in [4.78, 5) is 0. The molecule has 2 heterocycles. The van der Waals surface area contributed by atoms with E-state index in [1.165, 1.54) is 18.6 Å². The number of hydrogen-bond donors (Lipinski definition) is 0. The normalized spacial score (nSPS) is 17.2. The van der Waals surface area contributed by atoms with Gasteiger partial charge in [0.05, 0.1) is 12.3 Å². The van der Waals surface area contributed by atoms with Crippen LogP contribution in [0.3, 0.4) is 0 Å². The molecule has 8 heteroatoms. The molecular formula is C25H31F3N4S. The average Bonchev–Trinajstić information content (AvgIpc) is 3.36. The fourth-order valence-electron chi connectivity index (χ4n) is 3.73. The molecule has 4 nitrogen and oxygen atoms in total. The van der Waals surface area contributed by atoms with Crippen LogP contribution in [-0.2, 0) is 6.54 Å². The van der Waals surface area contributed by atoms with Crippen LogP contribution in [0.1, 0.15) is 50.7 Å². The van der Waals surface area contributed by atoms with Gasteiger partial charge in [-0.25, -0.2) is 17.5 Å². The molecule has 0 spiro atoms. The highest BCUT2D eigenvalue weighted by molar-refractivity contribution is 8.13. The first-order valence-corrected chi connectivity index (χ1v) is 12.6. The molecule has 0 aromatic heterocycles. The van der Waals surface area contributed by atoms with Gasteiger partial charge in [0.2, 0.25) is 0 Å². The summed E-state index contributed by atoms with van der Waals surface area (Å²) in [5, 5.41) is 7.50. The summed E-state index contributed by atoms with van der Waals surface area (Å²) in [5.41, 5.74) is 3.14. The molecule has 2 aromatic rings. The second-order valence-electron chi connectivity index (χ2n) is 7.65. The van der Waals surface area contributed by atoms with Gasteiger partial charge in [-0.1, -0.05) is 44.5 Å². The number of piperidine rings is 1. The lowest BCUT2D eigenvalue weighted by atomic mass is 10.0. The smallest absolute Gasteiger partial charge is 0.278 e. The first-order chi connectivity index (χ1) is 16.0. The van der Waals surface area contributed by atoms with Crippen LogP contribution in [0.5, 0.6) is 0 Å². The molecule has 0 bridgehead atoms. The fraction of sp³-hybridized carbons (Fsp3) is 0.400. The molecule has 2 aliphatic heterocycles. The largest absolute Gasteiger partial charge is 0.306 e. The molecule has 0 amide bonds. The number of anilines is 1. The minimum absolute atomic E-state index is 0.0794. The van der Waals surface area contributed by atoms with Gasteiger partial charge in [0.1, 0.15) is 11.5 Å². The first-order valence-electron chi connectivity index (χ1n) is 11.3. The van der Waals surface area contributed by atoms with Gasteiger partial charge in [-0.05, 0) is 65.0 Å². The molecule has 0 aliphatic carbocycles. The lowest BCUT2D eigenvalue weighted by Gasteiger charge is -2.37. The Labute approximate surface area is 197 Å². The summed E-state index contributed by atoms with van der Waals surface area (Å²) < 4.78 is 43.7. The molecule has 0 N–H and O–H groups in total. The van der Waals surface area contributed by atoms with E-state index >= 15 is 0 Å². The molecule has 2 aromatic carbocycles. The average molecular weight is 477 g/mol. The van der Waals surface area contributed by atoms with Crippen molar-refractivity contribution in [2.75, 3.05) is 17.4 Å². The summed E-state index contributed by atoms with van der Waals surface area (Å²) >= 11 is 0. The first kappa shape index (κ1) is 25.2. The Morgan fingerprint density at radius 1 is 0.970 bits per heavy atom. The molecule has 4 rings (SSSR count). The van der Waals surface area contributed by atoms with Gasteiger partial charge >= 0.3 is 0 Å². The van der Waals surface area contributed by atoms with Crippen LogP contribution in [0, 0.1) is 5.82 Å². The number of alkyl halides is 2. The van der Waals surface area contributed by atoms with Gasteiger partial charge in [0.25, 0.3) is 6.43 Å². The Balaban J connectivity index is 0.00000149. The number of benzene rings is 2. The number of halogens is 3. The molecule has 33 heavy (non-hydrogen) atoms. The monoisotopic (exact) mass is 476 g/mol. The molecular weight excluding hydrogens is 445 g/mol. The van der Waals surface area contributed by atoms with Crippen molar-refractivity contribution in [3.8, 4) is 0 Å². The number of hydrogen-bond acceptors (Lipinski definition) is 4. The van der Waals surface area contributed by atoms with Gasteiger partial charge in [0.15, 0.2) is 0 Å². The van der Waals surface area contributed by atoms with Gasteiger partial charge in [-0.3, -0.25) is 0 Å². The Morgan fingerprint density at radius 3 is 2.18 bits per heavy atom. The van der Waals surface area contributed by atoms with Gasteiger partial charge < -0.3 is 4.31 Å². The van der Waals surface area contributed by atoms with Crippen molar-refractivity contribution in [2.24, 2.45) is 10.2 Å². The van der Waals surface area contributed by atoms with Gasteiger partial charge in [-0.15, -0.1) is 0 Å². The third kappa shape index (κ3) is 6.54. The topological polar surface area (TPSA) is 31.2 Å². The van der Waals surface area contributed by atoms with Crippen molar-refractivity contribution < 1.29 is 13.2 Å². The van der Waals surface area contributed by atoms with E-state index in [1.807, 2.05) is 38.1 Å². The quantitative estimate of drug-likeness (QED) is 0.417. The molecule has 178 valence electrons.